The van der Waals surface area contributed by atoms with E-state index in [1.807, 2.05) is 0 Å². The molecule has 0 aliphatic heterocycles. The summed E-state index contributed by atoms with van der Waals surface area (Å²) in [5.74, 6) is 0.956. The molecule has 1 atom stereocenters. The number of esters is 1. The SMILES string of the molecule is COC(=O)CCSC1CCC(=O)C1. The summed E-state index contributed by atoms with van der Waals surface area (Å²) in [5, 5.41) is 0.442. The van der Waals surface area contributed by atoms with Crippen molar-refractivity contribution in [2.45, 2.75) is 30.9 Å². The summed E-state index contributed by atoms with van der Waals surface area (Å²) >= 11 is 1.71. The van der Waals surface area contributed by atoms with Gasteiger partial charge in [0.15, 0.2) is 0 Å². The first-order chi connectivity index (χ1) is 6.22. The summed E-state index contributed by atoms with van der Waals surface area (Å²) in [6.45, 7) is 0. The smallest absolute Gasteiger partial charge is 0.306 e. The molecular formula is C9H14O3S. The molecule has 1 fully saturated rings. The van der Waals surface area contributed by atoms with Crippen molar-refractivity contribution in [1.29, 1.82) is 0 Å². The number of ketones is 1. The molecule has 1 aliphatic carbocycles. The van der Waals surface area contributed by atoms with Crippen LogP contribution < -0.4 is 0 Å². The predicted molar refractivity (Wildman–Crippen MR) is 51.7 cm³/mol. The summed E-state index contributed by atoms with van der Waals surface area (Å²) in [7, 11) is 1.39. The molecule has 0 radical (unpaired) electrons. The largest absolute Gasteiger partial charge is 0.469 e. The van der Waals surface area contributed by atoms with E-state index in [-0.39, 0.29) is 5.97 Å². The second-order valence-electron chi connectivity index (χ2n) is 3.10. The van der Waals surface area contributed by atoms with Gasteiger partial charge in [-0.15, -0.1) is 0 Å². The standard InChI is InChI=1S/C9H14O3S/c1-12-9(11)4-5-13-8-3-2-7(10)6-8/h8H,2-6H2,1H3. The summed E-state index contributed by atoms with van der Waals surface area (Å²) in [4.78, 5) is 21.6. The topological polar surface area (TPSA) is 43.4 Å². The molecule has 3 nitrogen and oxygen atoms in total. The van der Waals surface area contributed by atoms with Gasteiger partial charge in [-0.3, -0.25) is 9.59 Å². The number of hydrogen-bond acceptors (Lipinski definition) is 4. The Kier molecular flexibility index (Phi) is 4.28. The molecule has 13 heavy (non-hydrogen) atoms. The van der Waals surface area contributed by atoms with Gasteiger partial charge in [-0.2, -0.15) is 11.8 Å². The quantitative estimate of drug-likeness (QED) is 0.646. The highest BCUT2D eigenvalue weighted by molar-refractivity contribution is 7.99. The minimum atomic E-state index is -0.170. The monoisotopic (exact) mass is 202 g/mol. The maximum Gasteiger partial charge on any atom is 0.306 e. The Balaban J connectivity index is 2.06. The van der Waals surface area contributed by atoms with Crippen molar-refractivity contribution in [2.24, 2.45) is 0 Å². The minimum Gasteiger partial charge on any atom is -0.469 e. The second-order valence-corrected chi connectivity index (χ2v) is 4.51. The van der Waals surface area contributed by atoms with Crippen LogP contribution in [0.15, 0.2) is 0 Å². The number of ether oxygens (including phenoxy) is 1. The zero-order valence-electron chi connectivity index (χ0n) is 7.75. The molecule has 0 saturated heterocycles. The van der Waals surface area contributed by atoms with E-state index in [0.29, 0.717) is 23.9 Å². The van der Waals surface area contributed by atoms with Crippen LogP contribution in [0.2, 0.25) is 0 Å². The van der Waals surface area contributed by atoms with Crippen LogP contribution in [0.3, 0.4) is 0 Å². The third kappa shape index (κ3) is 3.81. The van der Waals surface area contributed by atoms with E-state index in [4.69, 9.17) is 0 Å². The van der Waals surface area contributed by atoms with Gasteiger partial charge in [0.05, 0.1) is 13.5 Å². The lowest BCUT2D eigenvalue weighted by atomic mass is 10.4. The number of methoxy groups -OCH3 is 1. The molecule has 0 bridgehead atoms. The van der Waals surface area contributed by atoms with Crippen LogP contribution in [-0.4, -0.2) is 29.9 Å². The Bertz CT molecular complexity index is 203. The van der Waals surface area contributed by atoms with E-state index in [0.717, 1.165) is 18.6 Å². The molecule has 1 saturated carbocycles. The molecule has 0 heterocycles. The van der Waals surface area contributed by atoms with E-state index >= 15 is 0 Å². The Labute approximate surface area is 82.2 Å². The minimum absolute atomic E-state index is 0.170. The fourth-order valence-corrected chi connectivity index (χ4v) is 2.54. The number of thioether (sulfide) groups is 1. The molecule has 0 aromatic rings. The van der Waals surface area contributed by atoms with E-state index < -0.39 is 0 Å². The molecule has 4 heteroatoms. The number of carbonyl (C=O) groups excluding carboxylic acids is 2. The summed E-state index contributed by atoms with van der Waals surface area (Å²) in [6.07, 6.45) is 2.83. The average Bonchev–Trinajstić information content (AvgIpc) is 2.51. The van der Waals surface area contributed by atoms with Gasteiger partial charge < -0.3 is 4.74 Å². The van der Waals surface area contributed by atoms with Gasteiger partial charge in [-0.1, -0.05) is 0 Å². The first kappa shape index (κ1) is 10.6. The van der Waals surface area contributed by atoms with Crippen LogP contribution in [-0.2, 0) is 14.3 Å². The average molecular weight is 202 g/mol. The fraction of sp³-hybridized carbons (Fsp3) is 0.778. The predicted octanol–water partition coefficient (Wildman–Crippen LogP) is 1.40. The van der Waals surface area contributed by atoms with E-state index in [9.17, 15) is 9.59 Å². The van der Waals surface area contributed by atoms with Crippen molar-refractivity contribution in [3.63, 3.8) is 0 Å². The van der Waals surface area contributed by atoms with E-state index in [1.54, 1.807) is 11.8 Å². The Morgan fingerprint density at radius 3 is 3.00 bits per heavy atom. The van der Waals surface area contributed by atoms with Gasteiger partial charge in [0, 0.05) is 23.8 Å². The third-order valence-corrected chi connectivity index (χ3v) is 3.40. The van der Waals surface area contributed by atoms with Gasteiger partial charge >= 0.3 is 5.97 Å². The van der Waals surface area contributed by atoms with Crippen molar-refractivity contribution in [3.05, 3.63) is 0 Å². The first-order valence-electron chi connectivity index (χ1n) is 4.42. The van der Waals surface area contributed by atoms with E-state index in [2.05, 4.69) is 4.74 Å². The molecule has 0 N–H and O–H groups in total. The van der Waals surface area contributed by atoms with E-state index in [1.165, 1.54) is 7.11 Å². The molecule has 0 aromatic carbocycles. The molecule has 1 unspecified atom stereocenters. The maximum atomic E-state index is 10.9. The van der Waals surface area contributed by atoms with Crippen LogP contribution in [0, 0.1) is 0 Å². The molecule has 0 amide bonds. The van der Waals surface area contributed by atoms with Crippen LogP contribution in [0.4, 0.5) is 0 Å². The van der Waals surface area contributed by atoms with Crippen LogP contribution >= 0.6 is 11.8 Å². The molecular weight excluding hydrogens is 188 g/mol. The van der Waals surface area contributed by atoms with Gasteiger partial charge in [0.1, 0.15) is 5.78 Å². The lowest BCUT2D eigenvalue weighted by Crippen LogP contribution is -2.04. The number of hydrogen-bond donors (Lipinski definition) is 0. The second kappa shape index (κ2) is 5.27. The zero-order valence-corrected chi connectivity index (χ0v) is 8.56. The summed E-state index contributed by atoms with van der Waals surface area (Å²) in [5.41, 5.74) is 0. The molecule has 1 aliphatic rings. The highest BCUT2D eigenvalue weighted by Gasteiger charge is 2.22. The maximum absolute atomic E-state index is 10.9. The lowest BCUT2D eigenvalue weighted by Gasteiger charge is -2.05. The normalized spacial score (nSPS) is 21.9. The molecule has 0 spiro atoms. The molecule has 0 aromatic heterocycles. The number of carbonyl (C=O) groups is 2. The van der Waals surface area contributed by atoms with Crippen LogP contribution in [0.1, 0.15) is 25.7 Å². The van der Waals surface area contributed by atoms with Crippen molar-refractivity contribution in [2.75, 3.05) is 12.9 Å². The van der Waals surface area contributed by atoms with Crippen molar-refractivity contribution < 1.29 is 14.3 Å². The highest BCUT2D eigenvalue weighted by Crippen LogP contribution is 2.27. The molecule has 74 valence electrons. The van der Waals surface area contributed by atoms with Crippen molar-refractivity contribution in [3.8, 4) is 0 Å². The van der Waals surface area contributed by atoms with Crippen molar-refractivity contribution in [1.82, 2.24) is 0 Å². The number of rotatable bonds is 4. The van der Waals surface area contributed by atoms with Gasteiger partial charge in [-0.25, -0.2) is 0 Å². The fourth-order valence-electron chi connectivity index (χ4n) is 1.33. The van der Waals surface area contributed by atoms with Crippen LogP contribution in [0.5, 0.6) is 0 Å². The molecule has 1 rings (SSSR count). The zero-order chi connectivity index (χ0) is 9.68. The Morgan fingerprint density at radius 1 is 1.69 bits per heavy atom. The summed E-state index contributed by atoms with van der Waals surface area (Å²) < 4.78 is 4.52. The van der Waals surface area contributed by atoms with Gasteiger partial charge in [0.2, 0.25) is 0 Å². The van der Waals surface area contributed by atoms with Crippen molar-refractivity contribution >= 4 is 23.5 Å². The highest BCUT2D eigenvalue weighted by atomic mass is 32.2. The summed E-state index contributed by atoms with van der Waals surface area (Å²) in [6, 6.07) is 0. The van der Waals surface area contributed by atoms with Gasteiger partial charge in [-0.05, 0) is 6.42 Å². The number of Topliss-reactive ketones (excluding diaryl/α,β-unsaturated/α-hetero) is 1. The lowest BCUT2D eigenvalue weighted by molar-refractivity contribution is -0.140. The third-order valence-electron chi connectivity index (χ3n) is 2.09. The van der Waals surface area contributed by atoms with Gasteiger partial charge in [0.25, 0.3) is 0 Å². The Morgan fingerprint density at radius 2 is 2.46 bits per heavy atom. The first-order valence-corrected chi connectivity index (χ1v) is 5.47. The Hall–Kier alpha value is -0.510. The van der Waals surface area contributed by atoms with Crippen LogP contribution in [0.25, 0.3) is 0 Å².